The number of methoxy groups -OCH3 is 1. The minimum atomic E-state index is -1.27. The van der Waals surface area contributed by atoms with Gasteiger partial charge in [0.1, 0.15) is 17.8 Å². The molecule has 5 amide bonds. The summed E-state index contributed by atoms with van der Waals surface area (Å²) in [7, 11) is 1.53. The Morgan fingerprint density at radius 1 is 1.06 bits per heavy atom. The van der Waals surface area contributed by atoms with Gasteiger partial charge in [-0.3, -0.25) is 19.3 Å². The number of carbonyl (C=O) groups excluding carboxylic acids is 4. The van der Waals surface area contributed by atoms with Gasteiger partial charge in [0.25, 0.3) is 5.91 Å². The molecule has 33 heavy (non-hydrogen) atoms. The average molecular weight is 473 g/mol. The molecule has 1 saturated heterocycles. The number of ether oxygens (including phenoxy) is 1. The first-order valence-electron chi connectivity index (χ1n) is 10.3. The van der Waals surface area contributed by atoms with Crippen LogP contribution in [0.3, 0.4) is 0 Å². The Hall–Kier alpha value is -3.59. The molecule has 3 N–H and O–H groups in total. The zero-order valence-electron chi connectivity index (χ0n) is 18.3. The standard InChI is InChI=1S/C23H25ClN4O5/c1-23(15-5-11-18(33-2)12-6-15)21(31)28(22(32)27-23)14-20(30)25-13-3-4-19(29)26-17-9-7-16(24)8-10-17/h5-12H,3-4,13-14H2,1-2H3,(H,25,30)(H,26,29)(H,27,32). The maximum Gasteiger partial charge on any atom is 0.325 e. The van der Waals surface area contributed by atoms with Gasteiger partial charge in [-0.25, -0.2) is 4.79 Å². The summed E-state index contributed by atoms with van der Waals surface area (Å²) in [6, 6.07) is 12.9. The highest BCUT2D eigenvalue weighted by Gasteiger charge is 2.49. The summed E-state index contributed by atoms with van der Waals surface area (Å²) >= 11 is 5.81. The van der Waals surface area contributed by atoms with Gasteiger partial charge in [-0.05, 0) is 55.3 Å². The van der Waals surface area contributed by atoms with Crippen LogP contribution in [0, 0.1) is 0 Å². The van der Waals surface area contributed by atoms with Crippen LogP contribution in [0.2, 0.25) is 5.02 Å². The van der Waals surface area contributed by atoms with Crippen LogP contribution in [0.5, 0.6) is 5.75 Å². The van der Waals surface area contributed by atoms with E-state index in [9.17, 15) is 19.2 Å². The molecular weight excluding hydrogens is 448 g/mol. The molecule has 0 aromatic heterocycles. The Morgan fingerprint density at radius 3 is 2.36 bits per heavy atom. The van der Waals surface area contributed by atoms with Crippen molar-refractivity contribution >= 4 is 41.0 Å². The summed E-state index contributed by atoms with van der Waals surface area (Å²) in [4.78, 5) is 50.4. The van der Waals surface area contributed by atoms with Crippen LogP contribution < -0.4 is 20.7 Å². The summed E-state index contributed by atoms with van der Waals surface area (Å²) in [5, 5.41) is 8.60. The molecular formula is C23H25ClN4O5. The van der Waals surface area contributed by atoms with Crippen LogP contribution in [0.25, 0.3) is 0 Å². The number of benzene rings is 2. The second kappa shape index (κ2) is 10.4. The molecule has 1 atom stereocenters. The largest absolute Gasteiger partial charge is 0.497 e. The van der Waals surface area contributed by atoms with Gasteiger partial charge in [0.2, 0.25) is 11.8 Å². The van der Waals surface area contributed by atoms with Crippen molar-refractivity contribution in [1.29, 1.82) is 0 Å². The van der Waals surface area contributed by atoms with Gasteiger partial charge in [0.15, 0.2) is 0 Å². The van der Waals surface area contributed by atoms with E-state index in [4.69, 9.17) is 16.3 Å². The molecule has 1 aliphatic rings. The van der Waals surface area contributed by atoms with Gasteiger partial charge in [-0.2, -0.15) is 0 Å². The lowest BCUT2D eigenvalue weighted by molar-refractivity contribution is -0.134. The monoisotopic (exact) mass is 472 g/mol. The number of rotatable bonds is 9. The lowest BCUT2D eigenvalue weighted by Gasteiger charge is -2.22. The van der Waals surface area contributed by atoms with Gasteiger partial charge in [0, 0.05) is 23.7 Å². The van der Waals surface area contributed by atoms with E-state index in [1.54, 1.807) is 55.5 Å². The molecule has 3 rings (SSSR count). The predicted molar refractivity (Wildman–Crippen MR) is 123 cm³/mol. The summed E-state index contributed by atoms with van der Waals surface area (Å²) in [6.07, 6.45) is 0.594. The number of nitrogens with one attached hydrogen (secondary N) is 3. The third-order valence-corrected chi connectivity index (χ3v) is 5.53. The first kappa shape index (κ1) is 24.1. The van der Waals surface area contributed by atoms with Crippen LogP contribution in [0.15, 0.2) is 48.5 Å². The first-order valence-corrected chi connectivity index (χ1v) is 10.7. The molecule has 0 aliphatic carbocycles. The van der Waals surface area contributed by atoms with Crippen molar-refractivity contribution in [3.05, 3.63) is 59.1 Å². The number of nitrogens with zero attached hydrogens (tertiary/aromatic N) is 1. The molecule has 1 heterocycles. The topological polar surface area (TPSA) is 117 Å². The maximum atomic E-state index is 12.9. The van der Waals surface area contributed by atoms with Gasteiger partial charge in [0.05, 0.1) is 7.11 Å². The quantitative estimate of drug-likeness (QED) is 0.383. The molecule has 174 valence electrons. The second-order valence-electron chi connectivity index (χ2n) is 7.68. The van der Waals surface area contributed by atoms with Crippen molar-refractivity contribution in [3.8, 4) is 5.75 Å². The van der Waals surface area contributed by atoms with E-state index in [-0.39, 0.29) is 18.9 Å². The Morgan fingerprint density at radius 2 is 1.73 bits per heavy atom. The molecule has 1 unspecified atom stereocenters. The van der Waals surface area contributed by atoms with Crippen LogP contribution in [-0.2, 0) is 19.9 Å². The van der Waals surface area contributed by atoms with Crippen molar-refractivity contribution in [3.63, 3.8) is 0 Å². The fourth-order valence-electron chi connectivity index (χ4n) is 3.39. The molecule has 2 aromatic rings. The van der Waals surface area contributed by atoms with Crippen LogP contribution in [-0.4, -0.2) is 48.9 Å². The van der Waals surface area contributed by atoms with Crippen LogP contribution in [0.4, 0.5) is 10.5 Å². The zero-order chi connectivity index (χ0) is 24.0. The molecule has 0 saturated carbocycles. The summed E-state index contributed by atoms with van der Waals surface area (Å²) in [6.45, 7) is 1.41. The molecule has 0 spiro atoms. The molecule has 1 aliphatic heterocycles. The third kappa shape index (κ3) is 5.81. The molecule has 10 heteroatoms. The number of hydrogen-bond donors (Lipinski definition) is 3. The number of anilines is 1. The highest BCUT2D eigenvalue weighted by molar-refractivity contribution is 6.30. The van der Waals surface area contributed by atoms with Gasteiger partial charge in [-0.15, -0.1) is 0 Å². The highest BCUT2D eigenvalue weighted by Crippen LogP contribution is 2.29. The predicted octanol–water partition coefficient (Wildman–Crippen LogP) is 2.65. The van der Waals surface area contributed by atoms with Crippen molar-refractivity contribution < 1.29 is 23.9 Å². The van der Waals surface area contributed by atoms with E-state index in [1.807, 2.05) is 0 Å². The smallest absolute Gasteiger partial charge is 0.325 e. The molecule has 0 radical (unpaired) electrons. The number of urea groups is 1. The van der Waals surface area contributed by atoms with E-state index in [0.717, 1.165) is 4.90 Å². The van der Waals surface area contributed by atoms with Crippen molar-refractivity contribution in [2.45, 2.75) is 25.3 Å². The number of amides is 5. The fraction of sp³-hybridized carbons (Fsp3) is 0.304. The van der Waals surface area contributed by atoms with Crippen molar-refractivity contribution in [2.24, 2.45) is 0 Å². The molecule has 9 nitrogen and oxygen atoms in total. The Bertz CT molecular complexity index is 1040. The molecule has 1 fully saturated rings. The van der Waals surface area contributed by atoms with Crippen molar-refractivity contribution in [2.75, 3.05) is 25.5 Å². The molecule has 0 bridgehead atoms. The maximum absolute atomic E-state index is 12.9. The Labute approximate surface area is 196 Å². The Kier molecular flexibility index (Phi) is 7.55. The number of hydrogen-bond acceptors (Lipinski definition) is 5. The van der Waals surface area contributed by atoms with E-state index in [0.29, 0.717) is 28.4 Å². The first-order chi connectivity index (χ1) is 15.7. The lowest BCUT2D eigenvalue weighted by Crippen LogP contribution is -2.43. The summed E-state index contributed by atoms with van der Waals surface area (Å²) in [5.74, 6) is -0.584. The minimum Gasteiger partial charge on any atom is -0.497 e. The van der Waals surface area contributed by atoms with E-state index >= 15 is 0 Å². The van der Waals surface area contributed by atoms with Gasteiger partial charge >= 0.3 is 6.03 Å². The number of carbonyl (C=O) groups is 4. The lowest BCUT2D eigenvalue weighted by atomic mass is 9.92. The van der Waals surface area contributed by atoms with E-state index < -0.39 is 29.9 Å². The normalized spacial score (nSPS) is 17.5. The SMILES string of the molecule is COc1ccc(C2(C)NC(=O)N(CC(=O)NCCCC(=O)Nc3ccc(Cl)cc3)C2=O)cc1. The highest BCUT2D eigenvalue weighted by atomic mass is 35.5. The number of imide groups is 1. The molecule has 2 aromatic carbocycles. The number of halogens is 1. The van der Waals surface area contributed by atoms with E-state index in [2.05, 4.69) is 16.0 Å². The van der Waals surface area contributed by atoms with Crippen LogP contribution in [0.1, 0.15) is 25.3 Å². The average Bonchev–Trinajstić information content (AvgIpc) is 3.02. The minimum absolute atomic E-state index is 0.196. The third-order valence-electron chi connectivity index (χ3n) is 5.27. The second-order valence-corrected chi connectivity index (χ2v) is 8.12. The van der Waals surface area contributed by atoms with Gasteiger partial charge < -0.3 is 20.7 Å². The van der Waals surface area contributed by atoms with Gasteiger partial charge in [-0.1, -0.05) is 23.7 Å². The van der Waals surface area contributed by atoms with Crippen LogP contribution >= 0.6 is 11.6 Å². The summed E-state index contributed by atoms with van der Waals surface area (Å²) < 4.78 is 5.12. The summed E-state index contributed by atoms with van der Waals surface area (Å²) in [5.41, 5.74) is -0.0632. The zero-order valence-corrected chi connectivity index (χ0v) is 19.1. The fourth-order valence-corrected chi connectivity index (χ4v) is 3.52. The Balaban J connectivity index is 1.45. The van der Waals surface area contributed by atoms with Crippen molar-refractivity contribution in [1.82, 2.24) is 15.5 Å². The van der Waals surface area contributed by atoms with E-state index in [1.165, 1.54) is 7.11 Å².